The highest BCUT2D eigenvalue weighted by Gasteiger charge is 2.29. The maximum absolute atomic E-state index is 11.3. The van der Waals surface area contributed by atoms with Crippen molar-refractivity contribution in [3.05, 3.63) is 29.3 Å². The molecule has 1 aromatic carbocycles. The number of benzene rings is 1. The summed E-state index contributed by atoms with van der Waals surface area (Å²) in [5.41, 5.74) is 2.72. The van der Waals surface area contributed by atoms with Crippen LogP contribution in [0.4, 0.5) is 0 Å². The summed E-state index contributed by atoms with van der Waals surface area (Å²) in [4.78, 5) is 13.2. The first kappa shape index (κ1) is 12.8. The lowest BCUT2D eigenvalue weighted by Gasteiger charge is -2.25. The SMILES string of the molecule is CN1Cc2ccc(C(=O)NO)cc2O[C@@](C)(O)C1. The van der Waals surface area contributed by atoms with Crippen molar-refractivity contribution in [2.45, 2.75) is 19.3 Å². The van der Waals surface area contributed by atoms with Crippen LogP contribution in [-0.2, 0) is 6.54 Å². The topological polar surface area (TPSA) is 82.0 Å². The first-order chi connectivity index (χ1) is 8.41. The molecule has 98 valence electrons. The highest BCUT2D eigenvalue weighted by molar-refractivity contribution is 5.93. The number of carbonyl (C=O) groups is 1. The van der Waals surface area contributed by atoms with Crippen LogP contribution in [0, 0.1) is 0 Å². The van der Waals surface area contributed by atoms with E-state index in [1.54, 1.807) is 24.5 Å². The zero-order valence-electron chi connectivity index (χ0n) is 10.3. The summed E-state index contributed by atoms with van der Waals surface area (Å²) >= 11 is 0. The lowest BCUT2D eigenvalue weighted by atomic mass is 10.1. The molecule has 1 aliphatic heterocycles. The first-order valence-corrected chi connectivity index (χ1v) is 5.58. The Bertz CT molecular complexity index is 473. The molecule has 0 saturated carbocycles. The predicted octanol–water partition coefficient (Wildman–Crippen LogP) is 0.338. The fraction of sp³-hybridized carbons (Fsp3) is 0.417. The molecule has 0 saturated heterocycles. The summed E-state index contributed by atoms with van der Waals surface area (Å²) in [6.07, 6.45) is 0. The van der Waals surface area contributed by atoms with Crippen molar-refractivity contribution in [3.63, 3.8) is 0 Å². The van der Waals surface area contributed by atoms with Gasteiger partial charge in [0.15, 0.2) is 0 Å². The average molecular weight is 252 g/mol. The van der Waals surface area contributed by atoms with Crippen LogP contribution < -0.4 is 10.2 Å². The van der Waals surface area contributed by atoms with E-state index in [9.17, 15) is 9.90 Å². The lowest BCUT2D eigenvalue weighted by Crippen LogP contribution is -2.41. The number of nitrogens with one attached hydrogen (secondary N) is 1. The Morgan fingerprint density at radius 2 is 2.28 bits per heavy atom. The van der Waals surface area contributed by atoms with Gasteiger partial charge >= 0.3 is 0 Å². The molecule has 1 aliphatic rings. The average Bonchev–Trinajstić information content (AvgIpc) is 2.39. The molecule has 6 heteroatoms. The monoisotopic (exact) mass is 252 g/mol. The molecule has 1 heterocycles. The Kier molecular flexibility index (Phi) is 3.25. The zero-order valence-corrected chi connectivity index (χ0v) is 10.3. The number of β-amino-alcohol motifs (C(OH)–C–C–N with tert-alkyl or cyclic N) is 1. The molecule has 6 nitrogen and oxygen atoms in total. The smallest absolute Gasteiger partial charge is 0.274 e. The Hall–Kier alpha value is -1.63. The predicted molar refractivity (Wildman–Crippen MR) is 63.3 cm³/mol. The summed E-state index contributed by atoms with van der Waals surface area (Å²) < 4.78 is 5.50. The Morgan fingerprint density at radius 1 is 1.56 bits per heavy atom. The molecule has 0 unspecified atom stereocenters. The molecule has 18 heavy (non-hydrogen) atoms. The lowest BCUT2D eigenvalue weighted by molar-refractivity contribution is -0.130. The third kappa shape index (κ3) is 2.61. The summed E-state index contributed by atoms with van der Waals surface area (Å²) in [5.74, 6) is -1.47. The normalized spacial score (nSPS) is 23.8. The molecule has 1 aromatic rings. The van der Waals surface area contributed by atoms with Gasteiger partial charge in [-0.2, -0.15) is 0 Å². The standard InChI is InChI=1S/C12H16N2O4/c1-12(16)7-14(2)6-9-4-3-8(11(15)13-17)5-10(9)18-12/h3-5,16-17H,6-7H2,1-2H3,(H,13,15)/t12-/m1/s1. The molecule has 0 bridgehead atoms. The molecule has 0 aliphatic carbocycles. The van der Waals surface area contributed by atoms with Crippen molar-refractivity contribution >= 4 is 5.91 Å². The molecule has 1 amide bonds. The second-order valence-electron chi connectivity index (χ2n) is 4.71. The van der Waals surface area contributed by atoms with Gasteiger partial charge in [0.25, 0.3) is 5.91 Å². The van der Waals surface area contributed by atoms with Crippen molar-refractivity contribution in [2.24, 2.45) is 0 Å². The van der Waals surface area contributed by atoms with Gasteiger partial charge in [-0.1, -0.05) is 6.07 Å². The van der Waals surface area contributed by atoms with E-state index < -0.39 is 11.7 Å². The molecular formula is C12H16N2O4. The van der Waals surface area contributed by atoms with E-state index >= 15 is 0 Å². The summed E-state index contributed by atoms with van der Waals surface area (Å²) in [5, 5.41) is 18.6. The number of fused-ring (bicyclic) bond motifs is 1. The Balaban J connectivity index is 2.39. The van der Waals surface area contributed by atoms with E-state index in [2.05, 4.69) is 0 Å². The summed E-state index contributed by atoms with van der Waals surface area (Å²) in [6, 6.07) is 4.86. The van der Waals surface area contributed by atoms with Gasteiger partial charge in [-0.15, -0.1) is 0 Å². The quantitative estimate of drug-likeness (QED) is 0.496. The van der Waals surface area contributed by atoms with Crippen LogP contribution in [-0.4, -0.2) is 40.5 Å². The van der Waals surface area contributed by atoms with Crippen LogP contribution in [0.2, 0.25) is 0 Å². The van der Waals surface area contributed by atoms with E-state index in [-0.39, 0.29) is 5.56 Å². The van der Waals surface area contributed by atoms with Crippen LogP contribution in [0.3, 0.4) is 0 Å². The van der Waals surface area contributed by atoms with Crippen molar-refractivity contribution in [2.75, 3.05) is 13.6 Å². The fourth-order valence-corrected chi connectivity index (χ4v) is 2.10. The molecule has 0 spiro atoms. The minimum Gasteiger partial charge on any atom is -0.461 e. The number of hydrogen-bond acceptors (Lipinski definition) is 5. The van der Waals surface area contributed by atoms with Gasteiger partial charge in [-0.3, -0.25) is 14.9 Å². The van der Waals surface area contributed by atoms with Crippen molar-refractivity contribution in [1.29, 1.82) is 0 Å². The maximum atomic E-state index is 11.3. The van der Waals surface area contributed by atoms with Gasteiger partial charge in [-0.05, 0) is 19.2 Å². The maximum Gasteiger partial charge on any atom is 0.274 e. The summed E-state index contributed by atoms with van der Waals surface area (Å²) in [7, 11) is 1.88. The zero-order chi connectivity index (χ0) is 13.3. The fourth-order valence-electron chi connectivity index (χ4n) is 2.10. The van der Waals surface area contributed by atoms with Crippen LogP contribution in [0.1, 0.15) is 22.8 Å². The summed E-state index contributed by atoms with van der Waals surface area (Å²) in [6.45, 7) is 2.55. The van der Waals surface area contributed by atoms with Gasteiger partial charge in [-0.25, -0.2) is 5.48 Å². The number of rotatable bonds is 1. The molecule has 1 atom stereocenters. The van der Waals surface area contributed by atoms with Crippen LogP contribution >= 0.6 is 0 Å². The second-order valence-corrected chi connectivity index (χ2v) is 4.71. The third-order valence-electron chi connectivity index (χ3n) is 2.76. The Labute approximate surface area is 105 Å². The number of hydrogen-bond donors (Lipinski definition) is 3. The minimum absolute atomic E-state index is 0.275. The van der Waals surface area contributed by atoms with E-state index in [1.165, 1.54) is 6.07 Å². The third-order valence-corrected chi connectivity index (χ3v) is 2.76. The number of nitrogens with zero attached hydrogens (tertiary/aromatic N) is 1. The molecule has 2 rings (SSSR count). The van der Waals surface area contributed by atoms with E-state index in [4.69, 9.17) is 9.94 Å². The molecule has 3 N–H and O–H groups in total. The van der Waals surface area contributed by atoms with Crippen molar-refractivity contribution in [3.8, 4) is 5.75 Å². The first-order valence-electron chi connectivity index (χ1n) is 5.58. The number of hydroxylamine groups is 1. The van der Waals surface area contributed by atoms with E-state index in [0.29, 0.717) is 18.8 Å². The minimum atomic E-state index is -1.31. The Morgan fingerprint density at radius 3 is 2.94 bits per heavy atom. The van der Waals surface area contributed by atoms with E-state index in [1.807, 2.05) is 11.9 Å². The largest absolute Gasteiger partial charge is 0.461 e. The molecular weight excluding hydrogens is 236 g/mol. The van der Waals surface area contributed by atoms with Crippen LogP contribution in [0.15, 0.2) is 18.2 Å². The van der Waals surface area contributed by atoms with Crippen molar-refractivity contribution < 1.29 is 19.8 Å². The van der Waals surface area contributed by atoms with Crippen molar-refractivity contribution in [1.82, 2.24) is 10.4 Å². The van der Waals surface area contributed by atoms with Gasteiger partial charge < -0.3 is 9.84 Å². The number of likely N-dealkylation sites (N-methyl/N-ethyl adjacent to an activating group) is 1. The van der Waals surface area contributed by atoms with Gasteiger partial charge in [0.1, 0.15) is 5.75 Å². The number of aliphatic hydroxyl groups is 1. The van der Waals surface area contributed by atoms with E-state index in [0.717, 1.165) is 5.56 Å². The number of amides is 1. The van der Waals surface area contributed by atoms with Crippen LogP contribution in [0.5, 0.6) is 5.75 Å². The molecule has 0 aromatic heterocycles. The second kappa shape index (κ2) is 4.56. The van der Waals surface area contributed by atoms with Gasteiger partial charge in [0, 0.05) is 24.6 Å². The highest BCUT2D eigenvalue weighted by atomic mass is 16.6. The highest BCUT2D eigenvalue weighted by Crippen LogP contribution is 2.28. The number of ether oxygens (including phenoxy) is 1. The number of carbonyl (C=O) groups excluding carboxylic acids is 1. The molecule has 0 fully saturated rings. The molecule has 0 radical (unpaired) electrons. The van der Waals surface area contributed by atoms with Crippen LogP contribution in [0.25, 0.3) is 0 Å². The van der Waals surface area contributed by atoms with Gasteiger partial charge in [0.05, 0.1) is 6.54 Å². The van der Waals surface area contributed by atoms with Gasteiger partial charge in [0.2, 0.25) is 5.79 Å².